The zero-order valence-electron chi connectivity index (χ0n) is 9.81. The second-order valence-corrected chi connectivity index (χ2v) is 5.51. The van der Waals surface area contributed by atoms with Crippen molar-refractivity contribution in [2.75, 3.05) is 0 Å². The lowest BCUT2D eigenvalue weighted by Gasteiger charge is -2.24. The first-order chi connectivity index (χ1) is 8.00. The van der Waals surface area contributed by atoms with E-state index in [0.29, 0.717) is 0 Å². The molecular formula is C14H14INO. The molecule has 0 saturated heterocycles. The molecule has 88 valence electrons. The predicted molar refractivity (Wildman–Crippen MR) is 76.8 cm³/mol. The molecule has 1 aromatic heterocycles. The fraction of sp³-hybridized carbons (Fsp3) is 0.214. The maximum atomic E-state index is 10.6. The van der Waals surface area contributed by atoms with Crippen LogP contribution in [0.2, 0.25) is 0 Å². The second-order valence-electron chi connectivity index (χ2n) is 4.27. The highest BCUT2D eigenvalue weighted by molar-refractivity contribution is 14.1. The average Bonchev–Trinajstić information content (AvgIpc) is 2.30. The van der Waals surface area contributed by atoms with Crippen LogP contribution in [0.3, 0.4) is 0 Å². The third-order valence-corrected chi connectivity index (χ3v) is 3.60. The first-order valence-electron chi connectivity index (χ1n) is 5.42. The summed E-state index contributed by atoms with van der Waals surface area (Å²) in [6, 6.07) is 11.7. The van der Waals surface area contributed by atoms with Crippen molar-refractivity contribution < 1.29 is 5.11 Å². The number of halogens is 1. The fourth-order valence-corrected chi connectivity index (χ4v) is 2.06. The van der Waals surface area contributed by atoms with Gasteiger partial charge < -0.3 is 5.11 Å². The van der Waals surface area contributed by atoms with E-state index in [4.69, 9.17) is 0 Å². The lowest BCUT2D eigenvalue weighted by Crippen LogP contribution is -2.22. The number of nitrogens with zero attached hydrogens (tertiary/aromatic N) is 1. The highest BCUT2D eigenvalue weighted by Gasteiger charge is 2.25. The third kappa shape index (κ3) is 2.66. The van der Waals surface area contributed by atoms with Gasteiger partial charge in [-0.3, -0.25) is 4.98 Å². The molecule has 0 spiro atoms. The summed E-state index contributed by atoms with van der Waals surface area (Å²) in [5, 5.41) is 10.6. The third-order valence-electron chi connectivity index (χ3n) is 2.88. The molecule has 1 unspecified atom stereocenters. The first-order valence-corrected chi connectivity index (χ1v) is 6.49. The maximum Gasteiger partial charge on any atom is 0.113 e. The molecule has 2 rings (SSSR count). The molecule has 0 amide bonds. The summed E-state index contributed by atoms with van der Waals surface area (Å²) < 4.78 is 1.16. The summed E-state index contributed by atoms with van der Waals surface area (Å²) in [5.74, 6) is 0. The zero-order chi connectivity index (χ0) is 12.5. The van der Waals surface area contributed by atoms with Crippen LogP contribution < -0.4 is 0 Å². The molecule has 3 heteroatoms. The molecule has 1 aromatic carbocycles. The normalized spacial score (nSPS) is 14.4. The van der Waals surface area contributed by atoms with Gasteiger partial charge in [0, 0.05) is 21.0 Å². The van der Waals surface area contributed by atoms with E-state index in [-0.39, 0.29) is 0 Å². The van der Waals surface area contributed by atoms with Gasteiger partial charge in [-0.05, 0) is 60.2 Å². The van der Waals surface area contributed by atoms with E-state index >= 15 is 0 Å². The summed E-state index contributed by atoms with van der Waals surface area (Å²) in [5.41, 5.74) is 1.64. The van der Waals surface area contributed by atoms with E-state index in [9.17, 15) is 5.11 Å². The summed E-state index contributed by atoms with van der Waals surface area (Å²) in [7, 11) is 0. The number of aromatic nitrogens is 1. The molecule has 1 heterocycles. The monoisotopic (exact) mass is 339 g/mol. The lowest BCUT2D eigenvalue weighted by molar-refractivity contribution is 0.102. The lowest BCUT2D eigenvalue weighted by atomic mass is 9.89. The van der Waals surface area contributed by atoms with Crippen molar-refractivity contribution in [2.45, 2.75) is 19.4 Å². The van der Waals surface area contributed by atoms with Crippen LogP contribution in [0.4, 0.5) is 0 Å². The molecule has 2 aromatic rings. The first kappa shape index (κ1) is 12.5. The average molecular weight is 339 g/mol. The quantitative estimate of drug-likeness (QED) is 0.852. The van der Waals surface area contributed by atoms with Crippen LogP contribution in [0.25, 0.3) is 0 Å². The van der Waals surface area contributed by atoms with Crippen molar-refractivity contribution in [1.82, 2.24) is 4.98 Å². The van der Waals surface area contributed by atoms with Crippen LogP contribution >= 0.6 is 22.6 Å². The van der Waals surface area contributed by atoms with Crippen molar-refractivity contribution in [3.63, 3.8) is 0 Å². The van der Waals surface area contributed by atoms with Crippen LogP contribution in [0, 0.1) is 10.5 Å². The van der Waals surface area contributed by atoms with Crippen molar-refractivity contribution >= 4 is 22.6 Å². The molecule has 0 fully saturated rings. The minimum absolute atomic E-state index is 0.810. The van der Waals surface area contributed by atoms with Gasteiger partial charge in [-0.2, -0.15) is 0 Å². The Bertz CT molecular complexity index is 455. The standard InChI is InChI=1S/C14H14INO/c1-10-3-4-12(9-16-10)14(2,17)11-5-7-13(15)8-6-11/h3-9,17H,1-2H3. The smallest absolute Gasteiger partial charge is 0.113 e. The number of hydrogen-bond acceptors (Lipinski definition) is 2. The second kappa shape index (κ2) is 4.74. The molecule has 0 aliphatic heterocycles. The summed E-state index contributed by atoms with van der Waals surface area (Å²) in [4.78, 5) is 4.23. The Labute approximate surface area is 115 Å². The van der Waals surface area contributed by atoms with Gasteiger partial charge >= 0.3 is 0 Å². The van der Waals surface area contributed by atoms with Crippen molar-refractivity contribution in [3.8, 4) is 0 Å². The molecule has 0 bridgehead atoms. The Balaban J connectivity index is 2.41. The van der Waals surface area contributed by atoms with Gasteiger partial charge in [-0.25, -0.2) is 0 Å². The van der Waals surface area contributed by atoms with E-state index in [1.165, 1.54) is 0 Å². The Kier molecular flexibility index (Phi) is 3.49. The molecule has 0 aliphatic carbocycles. The molecule has 1 atom stereocenters. The molecule has 0 radical (unpaired) electrons. The van der Waals surface area contributed by atoms with Crippen molar-refractivity contribution in [3.05, 3.63) is 63.0 Å². The minimum atomic E-state index is -0.995. The molecule has 0 aliphatic rings. The maximum absolute atomic E-state index is 10.6. The Hall–Kier alpha value is -0.940. The Morgan fingerprint density at radius 2 is 1.65 bits per heavy atom. The van der Waals surface area contributed by atoms with Gasteiger partial charge in [0.05, 0.1) is 0 Å². The van der Waals surface area contributed by atoms with E-state index in [2.05, 4.69) is 27.6 Å². The van der Waals surface area contributed by atoms with Crippen LogP contribution in [0.1, 0.15) is 23.7 Å². The topological polar surface area (TPSA) is 33.1 Å². The fourth-order valence-electron chi connectivity index (χ4n) is 1.70. The number of hydrogen-bond donors (Lipinski definition) is 1. The number of pyridine rings is 1. The number of rotatable bonds is 2. The van der Waals surface area contributed by atoms with Gasteiger partial charge in [-0.15, -0.1) is 0 Å². The van der Waals surface area contributed by atoms with Gasteiger partial charge in [0.1, 0.15) is 5.60 Å². The summed E-state index contributed by atoms with van der Waals surface area (Å²) in [6.45, 7) is 3.73. The van der Waals surface area contributed by atoms with Crippen LogP contribution in [-0.2, 0) is 5.60 Å². The van der Waals surface area contributed by atoms with Crippen LogP contribution in [0.15, 0.2) is 42.6 Å². The van der Waals surface area contributed by atoms with E-state index in [0.717, 1.165) is 20.4 Å². The molecule has 17 heavy (non-hydrogen) atoms. The SMILES string of the molecule is Cc1ccc(C(C)(O)c2ccc(I)cc2)cn1. The Morgan fingerprint density at radius 1 is 1.06 bits per heavy atom. The van der Waals surface area contributed by atoms with Gasteiger partial charge in [0.25, 0.3) is 0 Å². The van der Waals surface area contributed by atoms with Crippen LogP contribution in [0.5, 0.6) is 0 Å². The predicted octanol–water partition coefficient (Wildman–Crippen LogP) is 3.25. The largest absolute Gasteiger partial charge is 0.381 e. The van der Waals surface area contributed by atoms with Gasteiger partial charge in [0.2, 0.25) is 0 Å². The Morgan fingerprint density at radius 3 is 2.18 bits per heavy atom. The highest BCUT2D eigenvalue weighted by Crippen LogP contribution is 2.28. The zero-order valence-corrected chi connectivity index (χ0v) is 12.0. The summed E-state index contributed by atoms with van der Waals surface area (Å²) in [6.07, 6.45) is 1.73. The van der Waals surface area contributed by atoms with E-state index in [1.54, 1.807) is 13.1 Å². The van der Waals surface area contributed by atoms with E-state index in [1.807, 2.05) is 43.3 Å². The van der Waals surface area contributed by atoms with E-state index < -0.39 is 5.60 Å². The molecule has 0 saturated carbocycles. The minimum Gasteiger partial charge on any atom is -0.381 e. The highest BCUT2D eigenvalue weighted by atomic mass is 127. The number of benzene rings is 1. The van der Waals surface area contributed by atoms with Crippen LogP contribution in [-0.4, -0.2) is 10.1 Å². The van der Waals surface area contributed by atoms with Gasteiger partial charge in [-0.1, -0.05) is 18.2 Å². The number of aliphatic hydroxyl groups is 1. The molecule has 2 nitrogen and oxygen atoms in total. The van der Waals surface area contributed by atoms with Gasteiger partial charge in [0.15, 0.2) is 0 Å². The van der Waals surface area contributed by atoms with Crippen molar-refractivity contribution in [1.29, 1.82) is 0 Å². The summed E-state index contributed by atoms with van der Waals surface area (Å²) >= 11 is 2.25. The molecule has 1 N–H and O–H groups in total. The van der Waals surface area contributed by atoms with Crippen molar-refractivity contribution in [2.24, 2.45) is 0 Å². The molecular weight excluding hydrogens is 325 g/mol. The number of aryl methyl sites for hydroxylation is 1.